The number of ether oxygens (including phenoxy) is 2. The number of hydrogen-bond donors (Lipinski definition) is 4. The number of carbonyl (C=O) groups is 1. The van der Waals surface area contributed by atoms with Crippen molar-refractivity contribution >= 4 is 27.8 Å². The average Bonchev–Trinajstić information content (AvgIpc) is 3.63. The number of fused-ring (bicyclic) bond motifs is 2. The zero-order chi connectivity index (χ0) is 29.3. The highest BCUT2D eigenvalue weighted by atomic mass is 16.5. The van der Waals surface area contributed by atoms with Crippen LogP contribution in [0.5, 0.6) is 11.5 Å². The molecule has 0 unspecified atom stereocenters. The van der Waals surface area contributed by atoms with Gasteiger partial charge < -0.3 is 39.3 Å². The highest BCUT2D eigenvalue weighted by Gasteiger charge is 2.35. The molecule has 0 bridgehead atoms. The van der Waals surface area contributed by atoms with E-state index in [4.69, 9.17) is 13.9 Å². The Kier molecular flexibility index (Phi) is 8.16. The number of furan rings is 1. The zero-order valence-electron chi connectivity index (χ0n) is 24.4. The maximum atomic E-state index is 13.2. The molecule has 2 aromatic heterocycles. The van der Waals surface area contributed by atoms with Crippen molar-refractivity contribution in [2.45, 2.75) is 69.8 Å². The van der Waals surface area contributed by atoms with Gasteiger partial charge in [-0.25, -0.2) is 0 Å². The van der Waals surface area contributed by atoms with E-state index in [0.717, 1.165) is 78.5 Å². The summed E-state index contributed by atoms with van der Waals surface area (Å²) in [6.45, 7) is 4.98. The summed E-state index contributed by atoms with van der Waals surface area (Å²) in [6.07, 6.45) is 5.82. The van der Waals surface area contributed by atoms with Crippen molar-refractivity contribution < 1.29 is 28.9 Å². The van der Waals surface area contributed by atoms with Crippen molar-refractivity contribution in [2.75, 3.05) is 26.7 Å². The van der Waals surface area contributed by atoms with Crippen LogP contribution in [0.15, 0.2) is 53.1 Å². The largest absolute Gasteiger partial charge is 0.496 e. The zero-order valence-corrected chi connectivity index (χ0v) is 24.4. The number of aliphatic hydroxyl groups excluding tert-OH is 1. The predicted molar refractivity (Wildman–Crippen MR) is 161 cm³/mol. The molecule has 6 rings (SSSR count). The minimum atomic E-state index is -0.696. The van der Waals surface area contributed by atoms with E-state index in [2.05, 4.69) is 22.1 Å². The number of hydrogen-bond acceptors (Lipinski definition) is 7. The number of aromatic nitrogens is 1. The highest BCUT2D eigenvalue weighted by Crippen LogP contribution is 2.34. The van der Waals surface area contributed by atoms with Crippen molar-refractivity contribution in [1.82, 2.24) is 15.2 Å². The van der Waals surface area contributed by atoms with Gasteiger partial charge in [0.05, 0.1) is 30.5 Å². The van der Waals surface area contributed by atoms with Gasteiger partial charge in [0.15, 0.2) is 0 Å². The molecule has 9 heteroatoms. The molecule has 4 aromatic rings. The smallest absolute Gasteiger partial charge is 0.267 e. The van der Waals surface area contributed by atoms with Crippen molar-refractivity contribution in [3.63, 3.8) is 0 Å². The molecule has 2 fully saturated rings. The molecular weight excluding hydrogens is 534 g/mol. The Morgan fingerprint density at radius 1 is 1.17 bits per heavy atom. The van der Waals surface area contributed by atoms with E-state index in [1.54, 1.807) is 13.4 Å². The highest BCUT2D eigenvalue weighted by molar-refractivity contribution is 5.99. The van der Waals surface area contributed by atoms with E-state index < -0.39 is 5.60 Å². The Morgan fingerprint density at radius 2 is 1.95 bits per heavy atom. The van der Waals surface area contributed by atoms with Crippen LogP contribution in [0.3, 0.4) is 0 Å². The van der Waals surface area contributed by atoms with Crippen LogP contribution in [0.2, 0.25) is 0 Å². The third-order valence-corrected chi connectivity index (χ3v) is 9.20. The number of rotatable bonds is 9. The second kappa shape index (κ2) is 12.0. The van der Waals surface area contributed by atoms with Gasteiger partial charge >= 0.3 is 0 Å². The van der Waals surface area contributed by atoms with E-state index in [-0.39, 0.29) is 24.0 Å². The van der Waals surface area contributed by atoms with Crippen LogP contribution in [0, 0.1) is 5.92 Å². The first-order chi connectivity index (χ1) is 20.3. The number of benzene rings is 2. The first-order valence-electron chi connectivity index (χ1n) is 15.0. The number of aromatic amines is 1. The molecule has 0 spiro atoms. The molecule has 1 saturated heterocycles. The van der Waals surface area contributed by atoms with Gasteiger partial charge in [-0.1, -0.05) is 19.1 Å². The molecule has 2 aliphatic rings. The van der Waals surface area contributed by atoms with Crippen LogP contribution < -0.4 is 14.8 Å². The predicted octanol–water partition coefficient (Wildman–Crippen LogP) is 5.00. The summed E-state index contributed by atoms with van der Waals surface area (Å²) >= 11 is 0. The molecule has 224 valence electrons. The van der Waals surface area contributed by atoms with E-state index in [1.807, 2.05) is 42.5 Å². The minimum absolute atomic E-state index is 0.0226. The van der Waals surface area contributed by atoms with Gasteiger partial charge in [-0.05, 0) is 74.8 Å². The fourth-order valence-electron chi connectivity index (χ4n) is 6.53. The van der Waals surface area contributed by atoms with E-state index in [9.17, 15) is 15.0 Å². The summed E-state index contributed by atoms with van der Waals surface area (Å²) in [4.78, 5) is 18.8. The van der Waals surface area contributed by atoms with Gasteiger partial charge in [-0.2, -0.15) is 0 Å². The standard InChI is InChI=1S/C33H41N3O6/c1-21-18-36(15-11-27(21)37)16-14-33(39)12-9-23(10-13-33)34-32(38)26-17-24-25(35-26)5-3-6-28(24)41-19-22-20-42-30-8-4-7-29(40-2)31(22)30/h3-8,17,20-21,23,27,35,37,39H,9-16,18-19H2,1-2H3,(H,34,38)/t21-,23?,27-,33?/m0/s1. The SMILES string of the molecule is COc1cccc2occ(COc3cccc4[nH]c(C(=O)NC5CCC(O)(CCN6CC[C@H](O)[C@@H](C)C6)CC5)cc34)c12. The lowest BCUT2D eigenvalue weighted by Crippen LogP contribution is -2.47. The van der Waals surface area contributed by atoms with Crippen molar-refractivity contribution in [3.8, 4) is 11.5 Å². The number of nitrogens with one attached hydrogen (secondary N) is 2. The lowest BCUT2D eigenvalue weighted by Gasteiger charge is -2.39. The fraction of sp³-hybridized carbons (Fsp3) is 0.485. The number of nitrogens with zero attached hydrogens (tertiary/aromatic N) is 1. The summed E-state index contributed by atoms with van der Waals surface area (Å²) in [5, 5.41) is 26.1. The number of amides is 1. The van der Waals surface area contributed by atoms with Crippen molar-refractivity contribution in [2.24, 2.45) is 5.92 Å². The first kappa shape index (κ1) is 28.6. The van der Waals surface area contributed by atoms with Gasteiger partial charge in [0.2, 0.25) is 0 Å². The Morgan fingerprint density at radius 3 is 2.74 bits per heavy atom. The maximum Gasteiger partial charge on any atom is 0.267 e. The van der Waals surface area contributed by atoms with Gasteiger partial charge in [0.1, 0.15) is 29.4 Å². The summed E-state index contributed by atoms with van der Waals surface area (Å²) in [6, 6.07) is 13.3. The van der Waals surface area contributed by atoms with E-state index in [0.29, 0.717) is 30.9 Å². The van der Waals surface area contributed by atoms with Gasteiger partial charge in [-0.3, -0.25) is 4.79 Å². The second-order valence-electron chi connectivity index (χ2n) is 12.1. The third kappa shape index (κ3) is 6.00. The van der Waals surface area contributed by atoms with Crippen LogP contribution in [-0.4, -0.2) is 70.5 Å². The summed E-state index contributed by atoms with van der Waals surface area (Å²) in [5.74, 6) is 1.52. The molecule has 42 heavy (non-hydrogen) atoms. The fourth-order valence-corrected chi connectivity index (χ4v) is 6.53. The monoisotopic (exact) mass is 575 g/mol. The van der Waals surface area contributed by atoms with E-state index >= 15 is 0 Å². The number of H-pyrrole nitrogens is 1. The number of methoxy groups -OCH3 is 1. The molecular formula is C33H41N3O6. The van der Waals surface area contributed by atoms with E-state index in [1.165, 1.54) is 0 Å². The summed E-state index contributed by atoms with van der Waals surface area (Å²) in [5.41, 5.74) is 2.24. The molecule has 9 nitrogen and oxygen atoms in total. The van der Waals surface area contributed by atoms with Crippen LogP contribution in [-0.2, 0) is 6.61 Å². The van der Waals surface area contributed by atoms with Crippen LogP contribution >= 0.6 is 0 Å². The molecule has 1 aliphatic carbocycles. The van der Waals surface area contributed by atoms with Gasteiger partial charge in [0, 0.05) is 42.1 Å². The third-order valence-electron chi connectivity index (χ3n) is 9.20. The molecule has 4 N–H and O–H groups in total. The van der Waals surface area contributed by atoms with Crippen LogP contribution in [0.1, 0.15) is 61.5 Å². The lowest BCUT2D eigenvalue weighted by atomic mass is 9.80. The molecule has 1 amide bonds. The molecule has 1 saturated carbocycles. The second-order valence-corrected chi connectivity index (χ2v) is 12.1. The number of likely N-dealkylation sites (tertiary alicyclic amines) is 1. The molecule has 0 radical (unpaired) electrons. The number of carbonyl (C=O) groups excluding carboxylic acids is 1. The van der Waals surface area contributed by atoms with Crippen molar-refractivity contribution in [1.29, 1.82) is 0 Å². The van der Waals surface area contributed by atoms with Crippen LogP contribution in [0.4, 0.5) is 0 Å². The number of aliphatic hydroxyl groups is 2. The normalized spacial score (nSPS) is 25.1. The van der Waals surface area contributed by atoms with Gasteiger partial charge in [-0.15, -0.1) is 0 Å². The molecule has 2 atom stereocenters. The van der Waals surface area contributed by atoms with Crippen LogP contribution in [0.25, 0.3) is 21.9 Å². The summed E-state index contributed by atoms with van der Waals surface area (Å²) < 4.78 is 17.4. The first-order valence-corrected chi connectivity index (χ1v) is 15.0. The summed E-state index contributed by atoms with van der Waals surface area (Å²) in [7, 11) is 1.64. The Bertz CT molecular complexity index is 1540. The Hall–Kier alpha value is -3.53. The van der Waals surface area contributed by atoms with Crippen molar-refractivity contribution in [3.05, 3.63) is 60.0 Å². The Labute approximate surface area is 245 Å². The quantitative estimate of drug-likeness (QED) is 0.222. The molecule has 3 heterocycles. The minimum Gasteiger partial charge on any atom is -0.496 e. The molecule has 2 aromatic carbocycles. The number of piperidine rings is 1. The Balaban J connectivity index is 1.05. The van der Waals surface area contributed by atoms with Gasteiger partial charge in [0.25, 0.3) is 5.91 Å². The topological polar surface area (TPSA) is 120 Å². The maximum absolute atomic E-state index is 13.2. The molecule has 1 aliphatic heterocycles. The average molecular weight is 576 g/mol. The lowest BCUT2D eigenvalue weighted by molar-refractivity contribution is -0.0272.